The summed E-state index contributed by atoms with van der Waals surface area (Å²) in [6.45, 7) is 1.29. The van der Waals surface area contributed by atoms with Crippen LogP contribution < -0.4 is 15.4 Å². The highest BCUT2D eigenvalue weighted by atomic mass is 16.5. The fraction of sp³-hybridized carbons (Fsp3) is 0.250. The number of carbonyl (C=O) groups is 3. The molecule has 0 spiro atoms. The molecule has 0 bridgehead atoms. The Morgan fingerprint density at radius 1 is 1.19 bits per heavy atom. The largest absolute Gasteiger partial charge is 0.497 e. The highest BCUT2D eigenvalue weighted by Crippen LogP contribution is 2.18. The van der Waals surface area contributed by atoms with Gasteiger partial charge in [0, 0.05) is 17.3 Å². The fourth-order valence-corrected chi connectivity index (χ4v) is 2.79. The normalized spacial score (nSPS) is 10.5. The minimum absolute atomic E-state index is 0.0944. The summed E-state index contributed by atoms with van der Waals surface area (Å²) in [4.78, 5) is 40.2. The number of ether oxygens (including phenoxy) is 2. The SMILES string of the molecule is COc1ccc(NC(=O)NC(=O)COC(=O)c2cnc3c(c2)c(C)nn3CCO)cc1. The van der Waals surface area contributed by atoms with E-state index in [0.717, 1.165) is 0 Å². The minimum atomic E-state index is -0.791. The van der Waals surface area contributed by atoms with Gasteiger partial charge in [-0.05, 0) is 37.3 Å². The average molecular weight is 427 g/mol. The number of aliphatic hydroxyl groups excluding tert-OH is 1. The fourth-order valence-electron chi connectivity index (χ4n) is 2.79. The maximum absolute atomic E-state index is 12.3. The van der Waals surface area contributed by atoms with Crippen LogP contribution in [0.2, 0.25) is 0 Å². The van der Waals surface area contributed by atoms with E-state index in [1.807, 2.05) is 0 Å². The van der Waals surface area contributed by atoms with Gasteiger partial charge in [-0.25, -0.2) is 19.3 Å². The number of imide groups is 1. The van der Waals surface area contributed by atoms with Crippen molar-refractivity contribution in [2.24, 2.45) is 0 Å². The molecule has 0 unspecified atom stereocenters. The Kier molecular flexibility index (Phi) is 6.78. The summed E-state index contributed by atoms with van der Waals surface area (Å²) in [5, 5.41) is 18.5. The third-order valence-corrected chi connectivity index (χ3v) is 4.25. The van der Waals surface area contributed by atoms with Gasteiger partial charge in [0.05, 0.1) is 31.5 Å². The number of nitrogens with zero attached hydrogens (tertiary/aromatic N) is 3. The van der Waals surface area contributed by atoms with Gasteiger partial charge >= 0.3 is 12.0 Å². The number of aryl methyl sites for hydroxylation is 1. The van der Waals surface area contributed by atoms with Crippen molar-refractivity contribution < 1.29 is 29.0 Å². The van der Waals surface area contributed by atoms with Crippen molar-refractivity contribution in [1.29, 1.82) is 0 Å². The van der Waals surface area contributed by atoms with Crippen LogP contribution >= 0.6 is 0 Å². The van der Waals surface area contributed by atoms with Crippen LogP contribution in [0.3, 0.4) is 0 Å². The Morgan fingerprint density at radius 3 is 2.61 bits per heavy atom. The van der Waals surface area contributed by atoms with Gasteiger partial charge in [0.25, 0.3) is 5.91 Å². The highest BCUT2D eigenvalue weighted by Gasteiger charge is 2.16. The summed E-state index contributed by atoms with van der Waals surface area (Å²) in [7, 11) is 1.52. The molecule has 2 aromatic heterocycles. The van der Waals surface area contributed by atoms with E-state index in [1.165, 1.54) is 18.0 Å². The minimum Gasteiger partial charge on any atom is -0.497 e. The molecular weight excluding hydrogens is 406 g/mol. The summed E-state index contributed by atoms with van der Waals surface area (Å²) in [6.07, 6.45) is 1.30. The molecule has 0 saturated carbocycles. The van der Waals surface area contributed by atoms with Gasteiger partial charge in [0.15, 0.2) is 12.3 Å². The molecule has 2 heterocycles. The number of fused-ring (bicyclic) bond motifs is 1. The predicted octanol–water partition coefficient (Wildman–Crippen LogP) is 1.25. The lowest BCUT2D eigenvalue weighted by Crippen LogP contribution is -2.37. The Labute approximate surface area is 177 Å². The number of esters is 1. The average Bonchev–Trinajstić information content (AvgIpc) is 3.07. The molecule has 0 aliphatic rings. The zero-order valence-corrected chi connectivity index (χ0v) is 16.9. The molecule has 11 nitrogen and oxygen atoms in total. The van der Waals surface area contributed by atoms with Crippen LogP contribution in [0.4, 0.5) is 10.5 Å². The number of carbonyl (C=O) groups excluding carboxylic acids is 3. The first-order chi connectivity index (χ1) is 14.9. The molecule has 3 rings (SSSR count). The molecule has 0 saturated heterocycles. The number of rotatable bonds is 7. The first kappa shape index (κ1) is 21.7. The summed E-state index contributed by atoms with van der Waals surface area (Å²) in [6, 6.07) is 7.31. The summed E-state index contributed by atoms with van der Waals surface area (Å²) in [5.41, 5.74) is 1.75. The third-order valence-electron chi connectivity index (χ3n) is 4.25. The third kappa shape index (κ3) is 5.34. The highest BCUT2D eigenvalue weighted by molar-refractivity contribution is 6.02. The molecule has 0 radical (unpaired) electrons. The zero-order chi connectivity index (χ0) is 22.4. The zero-order valence-electron chi connectivity index (χ0n) is 16.9. The van der Waals surface area contributed by atoms with Crippen LogP contribution in [0.25, 0.3) is 11.0 Å². The lowest BCUT2D eigenvalue weighted by Gasteiger charge is -2.08. The topological polar surface area (TPSA) is 145 Å². The van der Waals surface area contributed by atoms with E-state index in [9.17, 15) is 14.4 Å². The van der Waals surface area contributed by atoms with Crippen molar-refractivity contribution >= 4 is 34.6 Å². The number of methoxy groups -OCH3 is 1. The van der Waals surface area contributed by atoms with Crippen molar-refractivity contribution in [1.82, 2.24) is 20.1 Å². The van der Waals surface area contributed by atoms with Gasteiger partial charge in [0.1, 0.15) is 5.75 Å². The summed E-state index contributed by atoms with van der Waals surface area (Å²) >= 11 is 0. The van der Waals surface area contributed by atoms with Crippen LogP contribution in [0, 0.1) is 6.92 Å². The molecule has 0 atom stereocenters. The number of benzene rings is 1. The number of aromatic nitrogens is 3. The number of pyridine rings is 1. The first-order valence-corrected chi connectivity index (χ1v) is 9.27. The number of aliphatic hydroxyl groups is 1. The first-order valence-electron chi connectivity index (χ1n) is 9.27. The van der Waals surface area contributed by atoms with Gasteiger partial charge < -0.3 is 19.9 Å². The van der Waals surface area contributed by atoms with Gasteiger partial charge in [-0.3, -0.25) is 10.1 Å². The molecule has 31 heavy (non-hydrogen) atoms. The number of urea groups is 1. The molecule has 162 valence electrons. The molecule has 1 aromatic carbocycles. The lowest BCUT2D eigenvalue weighted by atomic mass is 10.2. The number of hydrogen-bond donors (Lipinski definition) is 3. The standard InChI is InChI=1S/C20H21N5O6/c1-12-16-9-13(10-21-18(16)25(24-12)7-8-26)19(28)31-11-17(27)23-20(29)22-14-3-5-15(30-2)6-4-14/h3-6,9-10,26H,7-8,11H2,1-2H3,(H2,22,23,27,29). The van der Waals surface area contributed by atoms with Crippen LogP contribution in [0.5, 0.6) is 5.75 Å². The lowest BCUT2D eigenvalue weighted by molar-refractivity contribution is -0.123. The van der Waals surface area contributed by atoms with Crippen molar-refractivity contribution in [2.45, 2.75) is 13.5 Å². The molecule has 0 aliphatic heterocycles. The maximum Gasteiger partial charge on any atom is 0.340 e. The van der Waals surface area contributed by atoms with Crippen LogP contribution in [0.1, 0.15) is 16.1 Å². The number of anilines is 1. The molecule has 0 fully saturated rings. The Morgan fingerprint density at radius 2 is 1.94 bits per heavy atom. The van der Waals surface area contributed by atoms with Crippen molar-refractivity contribution in [3.63, 3.8) is 0 Å². The molecular formula is C20H21N5O6. The van der Waals surface area contributed by atoms with Crippen LogP contribution in [-0.4, -0.2) is 58.1 Å². The van der Waals surface area contributed by atoms with Gasteiger partial charge in [0.2, 0.25) is 0 Å². The summed E-state index contributed by atoms with van der Waals surface area (Å²) in [5.74, 6) is -0.938. The second kappa shape index (κ2) is 9.67. The number of nitrogens with one attached hydrogen (secondary N) is 2. The predicted molar refractivity (Wildman–Crippen MR) is 110 cm³/mol. The van der Waals surface area contributed by atoms with Crippen molar-refractivity contribution in [3.05, 3.63) is 47.8 Å². The second-order valence-corrected chi connectivity index (χ2v) is 6.43. The van der Waals surface area contributed by atoms with Gasteiger partial charge in [-0.1, -0.05) is 0 Å². The monoisotopic (exact) mass is 427 g/mol. The number of amides is 3. The molecule has 3 aromatic rings. The second-order valence-electron chi connectivity index (χ2n) is 6.43. The van der Waals surface area contributed by atoms with E-state index >= 15 is 0 Å². The van der Waals surface area contributed by atoms with E-state index in [0.29, 0.717) is 28.2 Å². The van der Waals surface area contributed by atoms with Crippen molar-refractivity contribution in [3.8, 4) is 5.75 Å². The molecule has 11 heteroatoms. The molecule has 3 amide bonds. The van der Waals surface area contributed by atoms with E-state index < -0.39 is 24.5 Å². The van der Waals surface area contributed by atoms with Gasteiger partial charge in [-0.2, -0.15) is 5.10 Å². The smallest absolute Gasteiger partial charge is 0.340 e. The molecule has 0 aliphatic carbocycles. The van der Waals surface area contributed by atoms with Crippen LogP contribution in [0.15, 0.2) is 36.5 Å². The van der Waals surface area contributed by atoms with E-state index in [1.54, 1.807) is 37.3 Å². The summed E-state index contributed by atoms with van der Waals surface area (Å²) < 4.78 is 11.5. The Bertz CT molecular complexity index is 1110. The van der Waals surface area contributed by atoms with Crippen LogP contribution in [-0.2, 0) is 16.1 Å². The van der Waals surface area contributed by atoms with E-state index in [4.69, 9.17) is 14.6 Å². The molecule has 3 N–H and O–H groups in total. The Balaban J connectivity index is 1.54. The van der Waals surface area contributed by atoms with E-state index in [-0.39, 0.29) is 18.7 Å². The van der Waals surface area contributed by atoms with Crippen molar-refractivity contribution in [2.75, 3.05) is 25.6 Å². The van der Waals surface area contributed by atoms with E-state index in [2.05, 4.69) is 20.7 Å². The number of hydrogen-bond acceptors (Lipinski definition) is 8. The maximum atomic E-state index is 12.3. The quantitative estimate of drug-likeness (QED) is 0.478. The Hall–Kier alpha value is -3.99. The van der Waals surface area contributed by atoms with Gasteiger partial charge in [-0.15, -0.1) is 0 Å².